The topological polar surface area (TPSA) is 82.7 Å². The largest absolute Gasteiger partial charge is 0.361 e. The zero-order valence-corrected chi connectivity index (χ0v) is 8.18. The van der Waals surface area contributed by atoms with Crippen LogP contribution in [0.15, 0.2) is 30.6 Å². The number of benzene rings is 1. The van der Waals surface area contributed by atoms with Crippen LogP contribution in [0, 0.1) is 21.4 Å². The van der Waals surface area contributed by atoms with Crippen molar-refractivity contribution in [1.82, 2.24) is 4.98 Å². The van der Waals surface area contributed by atoms with Crippen LogP contribution in [-0.2, 0) is 0 Å². The third-order valence-electron chi connectivity index (χ3n) is 2.22. The lowest BCUT2D eigenvalue weighted by molar-refractivity contribution is -0.400. The smallest absolute Gasteiger partial charge is 0.235 e. The zero-order chi connectivity index (χ0) is 11.5. The summed E-state index contributed by atoms with van der Waals surface area (Å²) in [5, 5.41) is 19.8. The molecule has 1 N–H and O–H groups in total. The molecule has 0 aliphatic rings. The van der Waals surface area contributed by atoms with Crippen molar-refractivity contribution in [2.24, 2.45) is 0 Å². The summed E-state index contributed by atoms with van der Waals surface area (Å²) in [7, 11) is 0. The first-order valence-corrected chi connectivity index (χ1v) is 4.53. The minimum Gasteiger partial charge on any atom is -0.361 e. The summed E-state index contributed by atoms with van der Waals surface area (Å²) in [5.41, 5.74) is 2.08. The predicted molar refractivity (Wildman–Crippen MR) is 59.0 cm³/mol. The molecule has 1 aromatic carbocycles. The molecule has 16 heavy (non-hydrogen) atoms. The molecule has 0 saturated carbocycles. The van der Waals surface area contributed by atoms with Crippen molar-refractivity contribution in [1.29, 1.82) is 5.26 Å². The molecule has 0 saturated heterocycles. The van der Waals surface area contributed by atoms with E-state index in [0.29, 0.717) is 11.1 Å². The van der Waals surface area contributed by atoms with Gasteiger partial charge in [0.15, 0.2) is 0 Å². The Kier molecular flexibility index (Phi) is 2.40. The maximum Gasteiger partial charge on any atom is 0.235 e. The summed E-state index contributed by atoms with van der Waals surface area (Å²) in [6, 6.07) is 7.20. The van der Waals surface area contributed by atoms with Crippen molar-refractivity contribution in [3.63, 3.8) is 0 Å². The summed E-state index contributed by atoms with van der Waals surface area (Å²) in [6.45, 7) is 0. The second-order valence-electron chi connectivity index (χ2n) is 3.22. The van der Waals surface area contributed by atoms with Crippen LogP contribution >= 0.6 is 0 Å². The molecule has 1 heterocycles. The number of rotatable bonds is 2. The first kappa shape index (κ1) is 9.93. The van der Waals surface area contributed by atoms with E-state index in [1.807, 2.05) is 6.07 Å². The summed E-state index contributed by atoms with van der Waals surface area (Å²) in [4.78, 5) is 12.7. The highest BCUT2D eigenvalue weighted by atomic mass is 16.6. The van der Waals surface area contributed by atoms with Crippen LogP contribution in [0.5, 0.6) is 0 Å². The lowest BCUT2D eigenvalue weighted by atomic mass is 10.1. The minimum atomic E-state index is -0.521. The van der Waals surface area contributed by atoms with E-state index in [4.69, 9.17) is 5.26 Å². The fraction of sp³-hybridized carbons (Fsp3) is 0. The van der Waals surface area contributed by atoms with Gasteiger partial charge in [0.1, 0.15) is 0 Å². The van der Waals surface area contributed by atoms with Crippen molar-refractivity contribution < 1.29 is 4.92 Å². The molecule has 0 fully saturated rings. The van der Waals surface area contributed by atoms with Crippen molar-refractivity contribution in [2.45, 2.75) is 0 Å². The fourth-order valence-corrected chi connectivity index (χ4v) is 1.49. The maximum atomic E-state index is 10.2. The summed E-state index contributed by atoms with van der Waals surface area (Å²) < 4.78 is 0. The Morgan fingerprint density at radius 3 is 3.00 bits per heavy atom. The van der Waals surface area contributed by atoms with Gasteiger partial charge in [-0.2, -0.15) is 5.26 Å². The number of nitriles is 1. The lowest BCUT2D eigenvalue weighted by Crippen LogP contribution is -1.81. The SMILES string of the molecule is N#Cc1ccc2[nH]cc(C=C[N+](=O)[O-])c2c1. The molecule has 78 valence electrons. The number of hydrogen-bond acceptors (Lipinski definition) is 3. The average Bonchev–Trinajstić information content (AvgIpc) is 2.68. The molecule has 0 bridgehead atoms. The molecule has 1 aromatic heterocycles. The molecular weight excluding hydrogens is 206 g/mol. The van der Waals surface area contributed by atoms with Crippen LogP contribution in [-0.4, -0.2) is 9.91 Å². The van der Waals surface area contributed by atoms with Gasteiger partial charge in [-0.05, 0) is 18.2 Å². The molecule has 2 rings (SSSR count). The van der Waals surface area contributed by atoms with E-state index in [1.165, 1.54) is 6.08 Å². The van der Waals surface area contributed by atoms with Gasteiger partial charge < -0.3 is 4.98 Å². The van der Waals surface area contributed by atoms with Crippen molar-refractivity contribution in [3.8, 4) is 6.07 Å². The minimum absolute atomic E-state index is 0.521. The standard InChI is InChI=1S/C11H7N3O2/c12-6-8-1-2-11-10(5-8)9(7-13-11)3-4-14(15)16/h1-5,7,13H. The van der Waals surface area contributed by atoms with Crippen molar-refractivity contribution in [3.05, 3.63) is 51.8 Å². The number of aromatic nitrogens is 1. The van der Waals surface area contributed by atoms with Gasteiger partial charge in [0, 0.05) is 28.7 Å². The maximum absolute atomic E-state index is 10.2. The molecular formula is C11H7N3O2. The Morgan fingerprint density at radius 1 is 1.50 bits per heavy atom. The molecule has 0 aliphatic heterocycles. The number of nitrogens with zero attached hydrogens (tertiary/aromatic N) is 2. The second kappa shape index (κ2) is 3.87. The average molecular weight is 213 g/mol. The van der Waals surface area contributed by atoms with E-state index in [2.05, 4.69) is 4.98 Å². The quantitative estimate of drug-likeness (QED) is 0.613. The molecule has 0 unspecified atom stereocenters. The van der Waals surface area contributed by atoms with Gasteiger partial charge in [0.2, 0.25) is 6.20 Å². The number of nitro groups is 1. The van der Waals surface area contributed by atoms with E-state index in [1.54, 1.807) is 24.4 Å². The number of fused-ring (bicyclic) bond motifs is 1. The fourth-order valence-electron chi connectivity index (χ4n) is 1.49. The van der Waals surface area contributed by atoms with E-state index in [9.17, 15) is 10.1 Å². The Bertz CT molecular complexity index is 620. The Morgan fingerprint density at radius 2 is 2.31 bits per heavy atom. The van der Waals surface area contributed by atoms with E-state index in [-0.39, 0.29) is 0 Å². The highest BCUT2D eigenvalue weighted by Gasteiger charge is 2.03. The van der Waals surface area contributed by atoms with E-state index in [0.717, 1.165) is 17.1 Å². The number of aromatic amines is 1. The van der Waals surface area contributed by atoms with Crippen molar-refractivity contribution in [2.75, 3.05) is 0 Å². The van der Waals surface area contributed by atoms with E-state index < -0.39 is 4.92 Å². The van der Waals surface area contributed by atoms with Gasteiger partial charge in [-0.15, -0.1) is 0 Å². The van der Waals surface area contributed by atoms with Gasteiger partial charge in [-0.25, -0.2) is 0 Å². The van der Waals surface area contributed by atoms with Crippen molar-refractivity contribution >= 4 is 17.0 Å². The first-order valence-electron chi connectivity index (χ1n) is 4.53. The van der Waals surface area contributed by atoms with Crippen LogP contribution in [0.25, 0.3) is 17.0 Å². The highest BCUT2D eigenvalue weighted by Crippen LogP contribution is 2.20. The molecule has 0 aliphatic carbocycles. The number of H-pyrrole nitrogens is 1. The van der Waals surface area contributed by atoms with Gasteiger partial charge in [-0.1, -0.05) is 0 Å². The van der Waals surface area contributed by atoms with E-state index >= 15 is 0 Å². The zero-order valence-electron chi connectivity index (χ0n) is 8.18. The molecule has 0 spiro atoms. The third-order valence-corrected chi connectivity index (χ3v) is 2.22. The summed E-state index contributed by atoms with van der Waals surface area (Å²) >= 11 is 0. The molecule has 0 atom stereocenters. The predicted octanol–water partition coefficient (Wildman–Crippen LogP) is 2.29. The van der Waals surface area contributed by atoms with Crippen LogP contribution in [0.2, 0.25) is 0 Å². The lowest BCUT2D eigenvalue weighted by Gasteiger charge is -1.92. The first-order chi connectivity index (χ1) is 7.70. The van der Waals surface area contributed by atoms with Gasteiger partial charge in [-0.3, -0.25) is 10.1 Å². The Balaban J connectivity index is 2.55. The third kappa shape index (κ3) is 1.77. The Hall–Kier alpha value is -2.61. The summed E-state index contributed by atoms with van der Waals surface area (Å²) in [6.07, 6.45) is 3.95. The normalized spacial score (nSPS) is 10.7. The number of hydrogen-bond donors (Lipinski definition) is 1. The summed E-state index contributed by atoms with van der Waals surface area (Å²) in [5.74, 6) is 0. The molecule has 0 radical (unpaired) electrons. The van der Waals surface area contributed by atoms with Crippen LogP contribution < -0.4 is 0 Å². The Labute approximate surface area is 90.8 Å². The number of nitrogens with one attached hydrogen (secondary N) is 1. The molecule has 5 nitrogen and oxygen atoms in total. The van der Waals surface area contributed by atoms with Crippen LogP contribution in [0.1, 0.15) is 11.1 Å². The monoisotopic (exact) mass is 213 g/mol. The van der Waals surface area contributed by atoms with Crippen LogP contribution in [0.3, 0.4) is 0 Å². The van der Waals surface area contributed by atoms with Gasteiger partial charge >= 0.3 is 0 Å². The molecule has 2 aromatic rings. The van der Waals surface area contributed by atoms with Crippen LogP contribution in [0.4, 0.5) is 0 Å². The molecule has 5 heteroatoms. The highest BCUT2D eigenvalue weighted by molar-refractivity contribution is 5.89. The second-order valence-corrected chi connectivity index (χ2v) is 3.22. The van der Waals surface area contributed by atoms with Gasteiger partial charge in [0.05, 0.1) is 16.6 Å². The van der Waals surface area contributed by atoms with Gasteiger partial charge in [0.25, 0.3) is 0 Å². The molecule has 0 amide bonds.